The Morgan fingerprint density at radius 1 is 1.25 bits per heavy atom. The van der Waals surface area contributed by atoms with Gasteiger partial charge in [-0.1, -0.05) is 42.7 Å². The van der Waals surface area contributed by atoms with Crippen LogP contribution in [0.3, 0.4) is 0 Å². The maximum Gasteiger partial charge on any atom is 0.330 e. The summed E-state index contributed by atoms with van der Waals surface area (Å²) in [5.74, 6) is 1.23. The van der Waals surface area contributed by atoms with Gasteiger partial charge in [0, 0.05) is 11.5 Å². The maximum atomic E-state index is 11.8. The van der Waals surface area contributed by atoms with Crippen molar-refractivity contribution in [2.45, 2.75) is 65.2 Å². The van der Waals surface area contributed by atoms with Gasteiger partial charge in [-0.15, -0.1) is 0 Å². The van der Waals surface area contributed by atoms with Crippen molar-refractivity contribution in [1.29, 1.82) is 0 Å². The fraction of sp³-hybridized carbons (Fsp3) is 0.682. The molecule has 0 aliphatic heterocycles. The van der Waals surface area contributed by atoms with Gasteiger partial charge in [0.2, 0.25) is 0 Å². The Balaban J connectivity index is 1.71. The lowest BCUT2D eigenvalue weighted by Crippen LogP contribution is -2.42. The zero-order valence-electron chi connectivity index (χ0n) is 15.4. The summed E-state index contributed by atoms with van der Waals surface area (Å²) in [7, 11) is 1.48. The van der Waals surface area contributed by atoms with Crippen LogP contribution in [-0.4, -0.2) is 13.1 Å². The van der Waals surface area contributed by atoms with Crippen molar-refractivity contribution in [3.8, 4) is 0 Å². The van der Waals surface area contributed by atoms with Crippen molar-refractivity contribution in [2.75, 3.05) is 7.11 Å². The molecule has 24 heavy (non-hydrogen) atoms. The summed E-state index contributed by atoms with van der Waals surface area (Å²) in [5.41, 5.74) is 5.26. The van der Waals surface area contributed by atoms with Gasteiger partial charge in [-0.05, 0) is 68.6 Å². The number of methoxy groups -OCH3 is 1. The van der Waals surface area contributed by atoms with Crippen LogP contribution in [-0.2, 0) is 9.53 Å². The molecule has 4 aliphatic rings. The number of rotatable bonds is 1. The Kier molecular flexibility index (Phi) is 3.78. The molecule has 0 spiro atoms. The van der Waals surface area contributed by atoms with Crippen molar-refractivity contribution >= 4 is 5.97 Å². The molecular formula is C22H30O2. The number of ether oxygens (including phenoxy) is 1. The summed E-state index contributed by atoms with van der Waals surface area (Å²) >= 11 is 0. The molecule has 0 aromatic rings. The lowest BCUT2D eigenvalue weighted by atomic mass is 9.52. The second kappa shape index (κ2) is 5.61. The SMILES string of the molecule is COC(=O)C=C1CC[C@H]2[C@@H]3CCC4=CCCC[C@]4(C)C3=CC[C@]12C. The predicted molar refractivity (Wildman–Crippen MR) is 96.4 cm³/mol. The van der Waals surface area contributed by atoms with Gasteiger partial charge in [0.15, 0.2) is 0 Å². The van der Waals surface area contributed by atoms with E-state index in [-0.39, 0.29) is 11.4 Å². The summed E-state index contributed by atoms with van der Waals surface area (Å²) in [6, 6.07) is 0. The highest BCUT2D eigenvalue weighted by Crippen LogP contribution is 2.64. The van der Waals surface area contributed by atoms with E-state index in [1.54, 1.807) is 17.2 Å². The molecule has 0 aromatic heterocycles. The average Bonchev–Trinajstić information content (AvgIpc) is 2.91. The van der Waals surface area contributed by atoms with E-state index in [0.717, 1.165) is 12.8 Å². The first-order valence-electron chi connectivity index (χ1n) is 9.68. The van der Waals surface area contributed by atoms with Crippen molar-refractivity contribution in [1.82, 2.24) is 0 Å². The summed E-state index contributed by atoms with van der Waals surface area (Å²) in [6.45, 7) is 4.89. The monoisotopic (exact) mass is 326 g/mol. The summed E-state index contributed by atoms with van der Waals surface area (Å²) in [5, 5.41) is 0. The Morgan fingerprint density at radius 2 is 2.08 bits per heavy atom. The van der Waals surface area contributed by atoms with Crippen molar-refractivity contribution in [2.24, 2.45) is 22.7 Å². The Hall–Kier alpha value is -1.31. The summed E-state index contributed by atoms with van der Waals surface area (Å²) in [4.78, 5) is 11.8. The smallest absolute Gasteiger partial charge is 0.330 e. The first-order chi connectivity index (χ1) is 11.5. The van der Waals surface area contributed by atoms with E-state index in [1.165, 1.54) is 51.2 Å². The van der Waals surface area contributed by atoms with E-state index in [2.05, 4.69) is 26.0 Å². The molecule has 0 bridgehead atoms. The third-order valence-electron chi connectivity index (χ3n) is 7.74. The lowest BCUT2D eigenvalue weighted by Gasteiger charge is -2.53. The van der Waals surface area contributed by atoms with Crippen molar-refractivity contribution in [3.63, 3.8) is 0 Å². The first kappa shape index (κ1) is 16.2. The third-order valence-corrected chi connectivity index (χ3v) is 7.74. The Morgan fingerprint density at radius 3 is 2.88 bits per heavy atom. The van der Waals surface area contributed by atoms with Crippen LogP contribution in [0.1, 0.15) is 65.2 Å². The second-order valence-electron chi connectivity index (χ2n) is 8.72. The molecule has 2 fully saturated rings. The number of hydrogen-bond donors (Lipinski definition) is 0. The molecule has 0 N–H and O–H groups in total. The Bertz CT molecular complexity index is 653. The van der Waals surface area contributed by atoms with Gasteiger partial charge in [0.25, 0.3) is 0 Å². The summed E-state index contributed by atoms with van der Waals surface area (Å²) < 4.78 is 4.89. The van der Waals surface area contributed by atoms with E-state index in [9.17, 15) is 4.79 Å². The highest BCUT2D eigenvalue weighted by Gasteiger charge is 2.53. The molecule has 4 aliphatic carbocycles. The summed E-state index contributed by atoms with van der Waals surface area (Å²) in [6.07, 6.45) is 16.8. The zero-order chi connectivity index (χ0) is 16.9. The molecule has 2 nitrogen and oxygen atoms in total. The topological polar surface area (TPSA) is 26.3 Å². The van der Waals surface area contributed by atoms with Crippen LogP contribution in [0.4, 0.5) is 0 Å². The quantitative estimate of drug-likeness (QED) is 0.368. The van der Waals surface area contributed by atoms with E-state index in [0.29, 0.717) is 17.3 Å². The normalized spacial score (nSPS) is 42.5. The average molecular weight is 326 g/mol. The van der Waals surface area contributed by atoms with Crippen molar-refractivity contribution < 1.29 is 9.53 Å². The van der Waals surface area contributed by atoms with E-state index >= 15 is 0 Å². The van der Waals surface area contributed by atoms with Crippen LogP contribution >= 0.6 is 0 Å². The van der Waals surface area contributed by atoms with Gasteiger partial charge < -0.3 is 4.74 Å². The van der Waals surface area contributed by atoms with Crippen molar-refractivity contribution in [3.05, 3.63) is 34.9 Å². The van der Waals surface area contributed by atoms with Crippen LogP contribution in [0.2, 0.25) is 0 Å². The number of esters is 1. The molecule has 4 atom stereocenters. The number of carbonyl (C=O) groups is 1. The molecule has 0 aromatic carbocycles. The lowest BCUT2D eigenvalue weighted by molar-refractivity contribution is -0.135. The van der Waals surface area contributed by atoms with E-state index < -0.39 is 0 Å². The van der Waals surface area contributed by atoms with Gasteiger partial charge in [-0.25, -0.2) is 4.79 Å². The fourth-order valence-electron chi connectivity index (χ4n) is 6.34. The highest BCUT2D eigenvalue weighted by atomic mass is 16.5. The van der Waals surface area contributed by atoms with Crippen LogP contribution in [0.5, 0.6) is 0 Å². The number of fused-ring (bicyclic) bond motifs is 5. The second-order valence-corrected chi connectivity index (χ2v) is 8.72. The van der Waals surface area contributed by atoms with E-state index in [4.69, 9.17) is 4.74 Å². The molecule has 0 heterocycles. The standard InChI is InChI=1S/C22H30O2/c1-21-12-5-4-6-15(21)7-9-17-18-10-8-16(14-20(23)24-3)22(18,2)13-11-19(17)21/h6,11,14,17-18H,4-5,7-10,12-13H2,1-3H3/t17-,18-,21-,22+/m0/s1. The minimum absolute atomic E-state index is 0.161. The minimum atomic E-state index is -0.185. The first-order valence-corrected chi connectivity index (χ1v) is 9.68. The number of allylic oxidation sites excluding steroid dienone is 5. The van der Waals surface area contributed by atoms with Crippen LogP contribution < -0.4 is 0 Å². The molecule has 0 amide bonds. The number of carbonyl (C=O) groups excluding carboxylic acids is 1. The van der Waals surface area contributed by atoms with Crippen LogP contribution in [0.25, 0.3) is 0 Å². The largest absolute Gasteiger partial charge is 0.466 e. The molecule has 2 saturated carbocycles. The number of hydrogen-bond acceptors (Lipinski definition) is 2. The predicted octanol–water partition coefficient (Wildman–Crippen LogP) is 5.36. The van der Waals surface area contributed by atoms with Gasteiger partial charge in [-0.3, -0.25) is 0 Å². The van der Waals surface area contributed by atoms with Gasteiger partial charge in [0.05, 0.1) is 7.11 Å². The van der Waals surface area contributed by atoms with Crippen LogP contribution in [0, 0.1) is 22.7 Å². The highest BCUT2D eigenvalue weighted by molar-refractivity contribution is 5.83. The van der Waals surface area contributed by atoms with Crippen LogP contribution in [0.15, 0.2) is 34.9 Å². The molecule has 130 valence electrons. The molecule has 0 unspecified atom stereocenters. The third kappa shape index (κ3) is 2.18. The Labute approximate surface area is 146 Å². The molecule has 0 saturated heterocycles. The molecule has 2 heteroatoms. The fourth-order valence-corrected chi connectivity index (χ4v) is 6.34. The molecule has 4 rings (SSSR count). The van der Waals surface area contributed by atoms with Gasteiger partial charge >= 0.3 is 5.97 Å². The molecule has 0 radical (unpaired) electrons. The molecular weight excluding hydrogens is 296 g/mol. The van der Waals surface area contributed by atoms with E-state index in [1.807, 2.05) is 0 Å². The van der Waals surface area contributed by atoms with Gasteiger partial charge in [-0.2, -0.15) is 0 Å². The zero-order valence-corrected chi connectivity index (χ0v) is 15.4. The maximum absolute atomic E-state index is 11.8. The van der Waals surface area contributed by atoms with Gasteiger partial charge in [0.1, 0.15) is 0 Å². The minimum Gasteiger partial charge on any atom is -0.466 e.